The van der Waals surface area contributed by atoms with E-state index in [9.17, 15) is 14.9 Å². The van der Waals surface area contributed by atoms with Gasteiger partial charge in [0.25, 0.3) is 5.69 Å². The normalized spacial score (nSPS) is 10.8. The molecule has 0 aliphatic carbocycles. The number of hydrazone groups is 1. The van der Waals surface area contributed by atoms with Crippen LogP contribution in [-0.2, 0) is 17.8 Å². The van der Waals surface area contributed by atoms with Crippen molar-refractivity contribution in [1.82, 2.24) is 5.43 Å². The molecule has 0 heterocycles. The summed E-state index contributed by atoms with van der Waals surface area (Å²) in [6.07, 6.45) is 1.28. The number of rotatable bonds is 9. The molecule has 0 saturated carbocycles. The first-order chi connectivity index (χ1) is 16.3. The number of halogens is 3. The van der Waals surface area contributed by atoms with Crippen molar-refractivity contribution in [2.45, 2.75) is 13.0 Å². The number of nitrogens with zero attached hydrogens (tertiary/aromatic N) is 2. The topological polar surface area (TPSA) is 103 Å². The number of nitrogens with one attached hydrogen (secondary N) is 1. The lowest BCUT2D eigenvalue weighted by molar-refractivity contribution is -0.385. The van der Waals surface area contributed by atoms with Crippen LogP contribution in [0.3, 0.4) is 0 Å². The highest BCUT2D eigenvalue weighted by molar-refractivity contribution is 14.1. The summed E-state index contributed by atoms with van der Waals surface area (Å²) >= 11 is 14.1. The molecule has 0 aliphatic heterocycles. The number of hydrogen-bond donors (Lipinski definition) is 1. The molecule has 3 aromatic rings. The van der Waals surface area contributed by atoms with Gasteiger partial charge in [-0.25, -0.2) is 5.43 Å². The summed E-state index contributed by atoms with van der Waals surface area (Å²) in [5.41, 5.74) is 4.08. The molecule has 34 heavy (non-hydrogen) atoms. The maximum Gasteiger partial charge on any atom is 0.273 e. The maximum absolute atomic E-state index is 12.2. The summed E-state index contributed by atoms with van der Waals surface area (Å²) in [6, 6.07) is 14.8. The summed E-state index contributed by atoms with van der Waals surface area (Å²) in [7, 11) is 1.52. The minimum atomic E-state index is -0.523. The van der Waals surface area contributed by atoms with Gasteiger partial charge in [0.2, 0.25) is 5.91 Å². The molecular formula is C23H18Cl2IN3O5. The third-order valence-electron chi connectivity index (χ3n) is 4.56. The molecule has 0 radical (unpaired) electrons. The van der Waals surface area contributed by atoms with Crippen LogP contribution in [0.25, 0.3) is 0 Å². The molecule has 11 heteroatoms. The van der Waals surface area contributed by atoms with E-state index in [1.165, 1.54) is 25.5 Å². The second-order valence-corrected chi connectivity index (χ2v) is 8.90. The van der Waals surface area contributed by atoms with E-state index in [0.29, 0.717) is 32.7 Å². The van der Waals surface area contributed by atoms with E-state index >= 15 is 0 Å². The third-order valence-corrected chi connectivity index (χ3v) is 6.10. The number of ether oxygens (including phenoxy) is 2. The van der Waals surface area contributed by atoms with E-state index in [1.54, 1.807) is 30.3 Å². The Morgan fingerprint density at radius 2 is 1.94 bits per heavy atom. The number of amides is 1. The Balaban J connectivity index is 1.66. The zero-order valence-corrected chi connectivity index (χ0v) is 21.4. The highest BCUT2D eigenvalue weighted by atomic mass is 127. The van der Waals surface area contributed by atoms with E-state index in [2.05, 4.69) is 33.1 Å². The second kappa shape index (κ2) is 12.0. The van der Waals surface area contributed by atoms with Gasteiger partial charge in [-0.05, 0) is 58.0 Å². The molecule has 0 spiro atoms. The molecule has 8 nitrogen and oxygen atoms in total. The maximum atomic E-state index is 12.2. The first-order valence-electron chi connectivity index (χ1n) is 9.77. The average molecular weight is 614 g/mol. The molecule has 0 aromatic heterocycles. The van der Waals surface area contributed by atoms with Gasteiger partial charge in [0, 0.05) is 11.6 Å². The summed E-state index contributed by atoms with van der Waals surface area (Å²) in [4.78, 5) is 22.7. The van der Waals surface area contributed by atoms with E-state index in [4.69, 9.17) is 32.7 Å². The Kier molecular flexibility index (Phi) is 9.08. The van der Waals surface area contributed by atoms with E-state index < -0.39 is 10.8 Å². The fraction of sp³-hybridized carbons (Fsp3) is 0.130. The summed E-state index contributed by atoms with van der Waals surface area (Å²) < 4.78 is 12.1. The minimum absolute atomic E-state index is 0.114. The second-order valence-electron chi connectivity index (χ2n) is 6.93. The Bertz CT molecular complexity index is 1250. The van der Waals surface area contributed by atoms with Gasteiger partial charge in [0.1, 0.15) is 6.61 Å². The van der Waals surface area contributed by atoms with Crippen LogP contribution in [0.5, 0.6) is 11.5 Å². The van der Waals surface area contributed by atoms with Crippen molar-refractivity contribution in [3.05, 3.63) is 95.0 Å². The number of nitro benzene ring substituents is 1. The number of benzene rings is 3. The first kappa shape index (κ1) is 25.7. The average Bonchev–Trinajstić information content (AvgIpc) is 2.80. The van der Waals surface area contributed by atoms with E-state index in [-0.39, 0.29) is 18.7 Å². The molecule has 1 amide bonds. The third kappa shape index (κ3) is 6.81. The Hall–Kier alpha value is -2.89. The van der Waals surface area contributed by atoms with Crippen LogP contribution in [0, 0.1) is 13.7 Å². The number of methoxy groups -OCH3 is 1. The van der Waals surface area contributed by atoms with Crippen molar-refractivity contribution >= 4 is 63.6 Å². The van der Waals surface area contributed by atoms with Crippen molar-refractivity contribution in [3.63, 3.8) is 0 Å². The van der Waals surface area contributed by atoms with Crippen molar-refractivity contribution < 1.29 is 19.2 Å². The molecular weight excluding hydrogens is 596 g/mol. The zero-order chi connectivity index (χ0) is 24.7. The zero-order valence-electron chi connectivity index (χ0n) is 17.8. The van der Waals surface area contributed by atoms with Crippen LogP contribution >= 0.6 is 45.8 Å². The van der Waals surface area contributed by atoms with Gasteiger partial charge in [-0.15, -0.1) is 0 Å². The van der Waals surface area contributed by atoms with Gasteiger partial charge in [0.15, 0.2) is 11.5 Å². The van der Waals surface area contributed by atoms with Crippen LogP contribution in [0.1, 0.15) is 16.7 Å². The lowest BCUT2D eigenvalue weighted by Crippen LogP contribution is -2.20. The Morgan fingerprint density at radius 1 is 1.18 bits per heavy atom. The fourth-order valence-corrected chi connectivity index (χ4v) is 4.07. The van der Waals surface area contributed by atoms with E-state index in [0.717, 1.165) is 9.13 Å². The molecule has 0 fully saturated rings. The van der Waals surface area contributed by atoms with Crippen LogP contribution in [0.15, 0.2) is 59.7 Å². The van der Waals surface area contributed by atoms with Gasteiger partial charge in [-0.3, -0.25) is 14.9 Å². The van der Waals surface area contributed by atoms with Gasteiger partial charge in [-0.2, -0.15) is 5.10 Å². The quantitative estimate of drug-likeness (QED) is 0.142. The van der Waals surface area contributed by atoms with E-state index in [1.807, 2.05) is 12.1 Å². The summed E-state index contributed by atoms with van der Waals surface area (Å²) in [6.45, 7) is 0.262. The van der Waals surface area contributed by atoms with Crippen LogP contribution in [0.4, 0.5) is 5.69 Å². The minimum Gasteiger partial charge on any atom is -0.493 e. The Labute approximate surface area is 219 Å². The van der Waals surface area contributed by atoms with Crippen molar-refractivity contribution in [2.24, 2.45) is 5.10 Å². The molecule has 0 aliphatic rings. The van der Waals surface area contributed by atoms with Gasteiger partial charge < -0.3 is 9.47 Å². The molecule has 3 aromatic carbocycles. The Morgan fingerprint density at radius 3 is 2.65 bits per heavy atom. The number of carbonyl (C=O) groups excluding carboxylic acids is 1. The van der Waals surface area contributed by atoms with Crippen LogP contribution in [0.2, 0.25) is 10.0 Å². The SMILES string of the molecule is COc1cc(/C=N/NC(=O)Cc2ccccc2[N+](=O)[O-])cc(I)c1OCc1ccc(Cl)c(Cl)c1. The smallest absolute Gasteiger partial charge is 0.273 e. The van der Waals surface area contributed by atoms with Crippen molar-refractivity contribution in [2.75, 3.05) is 7.11 Å². The van der Waals surface area contributed by atoms with Gasteiger partial charge in [0.05, 0.1) is 38.3 Å². The highest BCUT2D eigenvalue weighted by Crippen LogP contribution is 2.34. The van der Waals surface area contributed by atoms with Crippen LogP contribution < -0.4 is 14.9 Å². The number of hydrogen-bond acceptors (Lipinski definition) is 6. The number of para-hydroxylation sites is 1. The predicted octanol–water partition coefficient (Wildman–Crippen LogP) is 5.79. The van der Waals surface area contributed by atoms with Gasteiger partial charge in [-0.1, -0.05) is 47.5 Å². The highest BCUT2D eigenvalue weighted by Gasteiger charge is 2.15. The first-order valence-corrected chi connectivity index (χ1v) is 11.6. The summed E-state index contributed by atoms with van der Waals surface area (Å²) in [5, 5.41) is 15.9. The number of nitro groups is 1. The lowest BCUT2D eigenvalue weighted by atomic mass is 10.1. The van der Waals surface area contributed by atoms with Gasteiger partial charge >= 0.3 is 0 Å². The predicted molar refractivity (Wildman–Crippen MR) is 139 cm³/mol. The summed E-state index contributed by atoms with van der Waals surface area (Å²) in [5.74, 6) is 0.556. The molecule has 3 rings (SSSR count). The lowest BCUT2D eigenvalue weighted by Gasteiger charge is -2.14. The molecule has 176 valence electrons. The van der Waals surface area contributed by atoms with Crippen molar-refractivity contribution in [3.8, 4) is 11.5 Å². The van der Waals surface area contributed by atoms with Crippen molar-refractivity contribution in [1.29, 1.82) is 0 Å². The molecule has 0 bridgehead atoms. The monoisotopic (exact) mass is 613 g/mol. The molecule has 0 saturated heterocycles. The molecule has 0 atom stereocenters. The largest absolute Gasteiger partial charge is 0.493 e. The standard InChI is InChI=1S/C23H18Cl2IN3O5/c1-33-21-10-15(9-19(26)23(21)34-13-14-6-7-17(24)18(25)8-14)12-27-28-22(30)11-16-4-2-3-5-20(16)29(31)32/h2-10,12H,11,13H2,1H3,(H,28,30)/b27-12+. The number of carbonyl (C=O) groups is 1. The molecule has 1 N–H and O–H groups in total. The molecule has 0 unspecified atom stereocenters. The fourth-order valence-electron chi connectivity index (χ4n) is 2.97. The van der Waals surface area contributed by atoms with Crippen LogP contribution in [-0.4, -0.2) is 24.2 Å².